The summed E-state index contributed by atoms with van der Waals surface area (Å²) < 4.78 is 0. The first kappa shape index (κ1) is 16.2. The number of amides is 1. The summed E-state index contributed by atoms with van der Waals surface area (Å²) in [4.78, 5) is 11.8. The number of benzene rings is 2. The molecular formula is C19H24N2O. The van der Waals surface area contributed by atoms with Gasteiger partial charge in [-0.15, -0.1) is 0 Å². The van der Waals surface area contributed by atoms with Crippen LogP contribution in [0.1, 0.15) is 30.4 Å². The quantitative estimate of drug-likeness (QED) is 0.786. The fourth-order valence-corrected chi connectivity index (χ4v) is 2.43. The third kappa shape index (κ3) is 6.10. The van der Waals surface area contributed by atoms with E-state index in [0.717, 1.165) is 24.8 Å². The number of hydrogen-bond donors (Lipinski definition) is 2. The van der Waals surface area contributed by atoms with Crippen molar-refractivity contribution >= 4 is 5.91 Å². The van der Waals surface area contributed by atoms with Gasteiger partial charge < -0.3 is 11.1 Å². The molecule has 1 atom stereocenters. The molecule has 2 aromatic rings. The van der Waals surface area contributed by atoms with Gasteiger partial charge in [-0.2, -0.15) is 0 Å². The second-order valence-corrected chi connectivity index (χ2v) is 5.60. The van der Waals surface area contributed by atoms with Gasteiger partial charge in [0, 0.05) is 19.0 Å². The maximum atomic E-state index is 11.8. The third-order valence-corrected chi connectivity index (χ3v) is 3.65. The Morgan fingerprint density at radius 3 is 2.18 bits per heavy atom. The van der Waals surface area contributed by atoms with Crippen LogP contribution in [0.4, 0.5) is 0 Å². The molecule has 1 amide bonds. The lowest BCUT2D eigenvalue weighted by molar-refractivity contribution is -0.121. The van der Waals surface area contributed by atoms with Gasteiger partial charge in [0.15, 0.2) is 0 Å². The number of carbonyl (C=O) groups is 1. The molecular weight excluding hydrogens is 272 g/mol. The highest BCUT2D eigenvalue weighted by atomic mass is 16.1. The van der Waals surface area contributed by atoms with E-state index in [1.165, 1.54) is 5.56 Å². The maximum absolute atomic E-state index is 11.8. The van der Waals surface area contributed by atoms with Gasteiger partial charge in [0.05, 0.1) is 0 Å². The molecule has 0 aromatic heterocycles. The monoisotopic (exact) mass is 296 g/mol. The van der Waals surface area contributed by atoms with Gasteiger partial charge in [0.25, 0.3) is 0 Å². The molecule has 0 aliphatic rings. The topological polar surface area (TPSA) is 55.1 Å². The van der Waals surface area contributed by atoms with E-state index in [9.17, 15) is 4.79 Å². The van der Waals surface area contributed by atoms with Crippen molar-refractivity contribution in [2.24, 2.45) is 5.73 Å². The standard InChI is InChI=1S/C19H24N2O/c20-18(14-16-8-3-1-4-9-16)12-7-13-19(22)21-15-17-10-5-2-6-11-17/h1-6,8-11,18H,7,12-15,20H2,(H,21,22). The molecule has 2 rings (SSSR count). The van der Waals surface area contributed by atoms with E-state index in [-0.39, 0.29) is 11.9 Å². The van der Waals surface area contributed by atoms with Crippen LogP contribution in [0.25, 0.3) is 0 Å². The van der Waals surface area contributed by atoms with Crippen molar-refractivity contribution < 1.29 is 4.79 Å². The maximum Gasteiger partial charge on any atom is 0.220 e. The van der Waals surface area contributed by atoms with Crippen molar-refractivity contribution in [1.29, 1.82) is 0 Å². The average molecular weight is 296 g/mol. The summed E-state index contributed by atoms with van der Waals surface area (Å²) in [5.41, 5.74) is 8.50. The number of hydrogen-bond acceptors (Lipinski definition) is 2. The van der Waals surface area contributed by atoms with Crippen LogP contribution >= 0.6 is 0 Å². The molecule has 3 heteroatoms. The SMILES string of the molecule is NC(CCCC(=O)NCc1ccccc1)Cc1ccccc1. The molecule has 0 aliphatic heterocycles. The summed E-state index contributed by atoms with van der Waals surface area (Å²) in [5, 5.41) is 2.94. The van der Waals surface area contributed by atoms with Crippen LogP contribution in [-0.4, -0.2) is 11.9 Å². The molecule has 0 saturated heterocycles. The van der Waals surface area contributed by atoms with E-state index >= 15 is 0 Å². The molecule has 1 unspecified atom stereocenters. The minimum atomic E-state index is 0.0933. The molecule has 2 aromatic carbocycles. The number of nitrogens with one attached hydrogen (secondary N) is 1. The van der Waals surface area contributed by atoms with E-state index in [0.29, 0.717) is 13.0 Å². The van der Waals surface area contributed by atoms with Gasteiger partial charge in [0.2, 0.25) is 5.91 Å². The van der Waals surface area contributed by atoms with Crippen LogP contribution in [0.5, 0.6) is 0 Å². The lowest BCUT2D eigenvalue weighted by atomic mass is 10.0. The van der Waals surface area contributed by atoms with Crippen molar-refractivity contribution in [3.05, 3.63) is 71.8 Å². The van der Waals surface area contributed by atoms with Crippen LogP contribution in [0.3, 0.4) is 0 Å². The Morgan fingerprint density at radius 1 is 0.955 bits per heavy atom. The predicted molar refractivity (Wildman–Crippen MR) is 90.3 cm³/mol. The Labute approximate surface area is 132 Å². The number of rotatable bonds is 8. The molecule has 22 heavy (non-hydrogen) atoms. The van der Waals surface area contributed by atoms with Crippen molar-refractivity contribution in [2.75, 3.05) is 0 Å². The highest BCUT2D eigenvalue weighted by molar-refractivity contribution is 5.75. The molecule has 0 spiro atoms. The van der Waals surface area contributed by atoms with Gasteiger partial charge in [0.1, 0.15) is 0 Å². The van der Waals surface area contributed by atoms with E-state index in [1.807, 2.05) is 48.5 Å². The third-order valence-electron chi connectivity index (χ3n) is 3.65. The zero-order chi connectivity index (χ0) is 15.6. The van der Waals surface area contributed by atoms with Crippen LogP contribution < -0.4 is 11.1 Å². The fraction of sp³-hybridized carbons (Fsp3) is 0.316. The summed E-state index contributed by atoms with van der Waals surface area (Å²) in [6.45, 7) is 0.593. The van der Waals surface area contributed by atoms with Crippen LogP contribution in [0, 0.1) is 0 Å². The summed E-state index contributed by atoms with van der Waals surface area (Å²) in [6.07, 6.45) is 3.10. The van der Waals surface area contributed by atoms with Crippen molar-refractivity contribution in [1.82, 2.24) is 5.32 Å². The molecule has 0 aliphatic carbocycles. The zero-order valence-electron chi connectivity index (χ0n) is 12.9. The van der Waals surface area contributed by atoms with Gasteiger partial charge in [-0.25, -0.2) is 0 Å². The Kier molecular flexibility index (Phi) is 6.65. The Bertz CT molecular complexity index is 554. The molecule has 0 saturated carbocycles. The largest absolute Gasteiger partial charge is 0.352 e. The lowest BCUT2D eigenvalue weighted by Gasteiger charge is -2.11. The summed E-state index contributed by atoms with van der Waals surface area (Å²) >= 11 is 0. The highest BCUT2D eigenvalue weighted by Crippen LogP contribution is 2.07. The fourth-order valence-electron chi connectivity index (χ4n) is 2.43. The second-order valence-electron chi connectivity index (χ2n) is 5.60. The van der Waals surface area contributed by atoms with Crippen molar-refractivity contribution in [2.45, 2.75) is 38.3 Å². The van der Waals surface area contributed by atoms with Crippen molar-refractivity contribution in [3.63, 3.8) is 0 Å². The molecule has 0 heterocycles. The van der Waals surface area contributed by atoms with E-state index in [4.69, 9.17) is 5.73 Å². The molecule has 0 bridgehead atoms. The van der Waals surface area contributed by atoms with Crippen LogP contribution in [0.15, 0.2) is 60.7 Å². The van der Waals surface area contributed by atoms with Crippen molar-refractivity contribution in [3.8, 4) is 0 Å². The Morgan fingerprint density at radius 2 is 1.55 bits per heavy atom. The highest BCUT2D eigenvalue weighted by Gasteiger charge is 2.06. The normalized spacial score (nSPS) is 11.9. The minimum Gasteiger partial charge on any atom is -0.352 e. The second kappa shape index (κ2) is 9.00. The zero-order valence-corrected chi connectivity index (χ0v) is 12.9. The van der Waals surface area contributed by atoms with Gasteiger partial charge in [-0.1, -0.05) is 60.7 Å². The number of nitrogens with two attached hydrogens (primary N) is 1. The molecule has 3 nitrogen and oxygen atoms in total. The van der Waals surface area contributed by atoms with E-state index in [1.54, 1.807) is 0 Å². The smallest absolute Gasteiger partial charge is 0.220 e. The average Bonchev–Trinajstić information content (AvgIpc) is 2.55. The molecule has 0 radical (unpaired) electrons. The van der Waals surface area contributed by atoms with Gasteiger partial charge in [-0.05, 0) is 30.4 Å². The van der Waals surface area contributed by atoms with Crippen LogP contribution in [0.2, 0.25) is 0 Å². The molecule has 0 fully saturated rings. The summed E-state index contributed by atoms with van der Waals surface area (Å²) in [5.74, 6) is 0.0933. The predicted octanol–water partition coefficient (Wildman–Crippen LogP) is 3.04. The Balaban J connectivity index is 1.60. The van der Waals surface area contributed by atoms with Crippen LogP contribution in [-0.2, 0) is 17.8 Å². The first-order valence-electron chi connectivity index (χ1n) is 7.84. The Hall–Kier alpha value is -2.13. The van der Waals surface area contributed by atoms with Gasteiger partial charge >= 0.3 is 0 Å². The minimum absolute atomic E-state index is 0.0933. The van der Waals surface area contributed by atoms with E-state index < -0.39 is 0 Å². The summed E-state index contributed by atoms with van der Waals surface area (Å²) in [7, 11) is 0. The summed E-state index contributed by atoms with van der Waals surface area (Å²) in [6, 6.07) is 20.3. The molecule has 116 valence electrons. The van der Waals surface area contributed by atoms with Gasteiger partial charge in [-0.3, -0.25) is 4.79 Å². The first-order chi connectivity index (χ1) is 10.7. The first-order valence-corrected chi connectivity index (χ1v) is 7.84. The van der Waals surface area contributed by atoms with E-state index in [2.05, 4.69) is 17.4 Å². The number of carbonyl (C=O) groups excluding carboxylic acids is 1. The lowest BCUT2D eigenvalue weighted by Crippen LogP contribution is -2.25. The molecule has 3 N–H and O–H groups in total.